The van der Waals surface area contributed by atoms with Gasteiger partial charge in [0.15, 0.2) is 0 Å². The molecule has 0 amide bonds. The lowest BCUT2D eigenvalue weighted by Gasteiger charge is -1.96. The lowest BCUT2D eigenvalue weighted by Crippen LogP contribution is -2.14. The third-order valence-electron chi connectivity index (χ3n) is 1.05. The first kappa shape index (κ1) is 9.37. The summed E-state index contributed by atoms with van der Waals surface area (Å²) in [7, 11) is -0.0579. The summed E-state index contributed by atoms with van der Waals surface area (Å²) < 4.78 is 0.0688. The molecule has 0 spiro atoms. The molecule has 0 aliphatic heterocycles. The lowest BCUT2D eigenvalue weighted by molar-refractivity contribution is 0.276. The molecule has 0 radical (unpaired) electrons. The average molecular weight is 165 g/mol. The van der Waals surface area contributed by atoms with Crippen LogP contribution in [0, 0.1) is 0 Å². The highest BCUT2D eigenvalue weighted by molar-refractivity contribution is 8.30. The van der Waals surface area contributed by atoms with Crippen molar-refractivity contribution in [2.45, 2.75) is 20.3 Å². The Balaban J connectivity index is 3.54. The molecule has 0 saturated heterocycles. The standard InChI is InChI=1S/C6H12OS2/c1-3-5-9(4-2)6(7)8/h3-5H2,1-2H3/p+1. The van der Waals surface area contributed by atoms with Crippen molar-refractivity contribution in [2.75, 3.05) is 11.5 Å². The molecule has 0 rings (SSSR count). The van der Waals surface area contributed by atoms with Gasteiger partial charge in [-0.2, -0.15) is 0 Å². The third kappa shape index (κ3) is 3.87. The topological polar surface area (TPSA) is 17.1 Å². The van der Waals surface area contributed by atoms with Gasteiger partial charge in [-0.1, -0.05) is 6.92 Å². The van der Waals surface area contributed by atoms with Gasteiger partial charge in [-0.05, 0) is 26.0 Å². The molecule has 0 fully saturated rings. The average Bonchev–Trinajstić information content (AvgIpc) is 1.82. The molecule has 0 aromatic rings. The Bertz CT molecular complexity index is 93.1. The molecule has 0 aromatic carbocycles. The second-order valence-electron chi connectivity index (χ2n) is 1.75. The molecule has 0 N–H and O–H groups in total. The van der Waals surface area contributed by atoms with Gasteiger partial charge in [-0.15, -0.1) is 0 Å². The summed E-state index contributed by atoms with van der Waals surface area (Å²) >= 11 is 3.78. The molecule has 0 saturated carbocycles. The number of carbonyl (C=O) groups is 1. The Morgan fingerprint density at radius 1 is 1.56 bits per heavy atom. The molecule has 3 heteroatoms. The molecule has 1 atom stereocenters. The Morgan fingerprint density at radius 2 is 2.11 bits per heavy atom. The molecule has 0 bridgehead atoms. The highest BCUT2D eigenvalue weighted by Gasteiger charge is 2.20. The van der Waals surface area contributed by atoms with E-state index in [2.05, 4.69) is 19.6 Å². The van der Waals surface area contributed by atoms with Crippen LogP contribution in [-0.2, 0) is 10.9 Å². The SMILES string of the molecule is CCC[S+](CC)C(=O)S. The van der Waals surface area contributed by atoms with E-state index in [1.54, 1.807) is 0 Å². The van der Waals surface area contributed by atoms with Gasteiger partial charge in [0, 0.05) is 0 Å². The minimum atomic E-state index is -0.0579. The number of rotatable bonds is 3. The van der Waals surface area contributed by atoms with Gasteiger partial charge in [0.1, 0.15) is 11.5 Å². The molecule has 0 heterocycles. The molecular formula is C6H13OS2+. The van der Waals surface area contributed by atoms with Gasteiger partial charge in [0.05, 0.1) is 10.9 Å². The number of carbonyl (C=O) groups excluding carboxylic acids is 1. The zero-order valence-corrected chi connectivity index (χ0v) is 7.60. The van der Waals surface area contributed by atoms with Crippen molar-refractivity contribution in [3.05, 3.63) is 0 Å². The summed E-state index contributed by atoms with van der Waals surface area (Å²) in [6, 6.07) is 0. The van der Waals surface area contributed by atoms with Crippen LogP contribution in [0.25, 0.3) is 0 Å². The zero-order valence-electron chi connectivity index (χ0n) is 5.89. The van der Waals surface area contributed by atoms with Crippen LogP contribution in [0.2, 0.25) is 0 Å². The van der Waals surface area contributed by atoms with E-state index in [1.165, 1.54) is 0 Å². The monoisotopic (exact) mass is 165 g/mol. The Morgan fingerprint density at radius 3 is 2.22 bits per heavy atom. The second-order valence-corrected chi connectivity index (χ2v) is 4.80. The first-order chi connectivity index (χ1) is 4.22. The van der Waals surface area contributed by atoms with Gasteiger partial charge in [-0.25, -0.2) is 4.79 Å². The van der Waals surface area contributed by atoms with E-state index in [0.717, 1.165) is 17.9 Å². The predicted molar refractivity (Wildman–Crippen MR) is 47.4 cm³/mol. The van der Waals surface area contributed by atoms with Crippen molar-refractivity contribution in [3.8, 4) is 0 Å². The lowest BCUT2D eigenvalue weighted by atomic mass is 10.6. The van der Waals surface area contributed by atoms with Crippen molar-refractivity contribution < 1.29 is 4.79 Å². The number of hydrogen-bond acceptors (Lipinski definition) is 1. The normalized spacial score (nSPS) is 13.2. The van der Waals surface area contributed by atoms with E-state index in [4.69, 9.17) is 0 Å². The smallest absolute Gasteiger partial charge is 0.225 e. The van der Waals surface area contributed by atoms with Gasteiger partial charge < -0.3 is 0 Å². The molecule has 1 unspecified atom stereocenters. The fourth-order valence-electron chi connectivity index (χ4n) is 0.602. The van der Waals surface area contributed by atoms with Gasteiger partial charge >= 0.3 is 4.45 Å². The summed E-state index contributed by atoms with van der Waals surface area (Å²) in [6.45, 7) is 4.12. The summed E-state index contributed by atoms with van der Waals surface area (Å²) in [5.74, 6) is 1.97. The third-order valence-corrected chi connectivity index (χ3v) is 3.91. The van der Waals surface area contributed by atoms with Crippen LogP contribution in [0.15, 0.2) is 0 Å². The molecule has 1 nitrogen and oxygen atoms in total. The van der Waals surface area contributed by atoms with Crippen LogP contribution < -0.4 is 0 Å². The van der Waals surface area contributed by atoms with E-state index >= 15 is 0 Å². The summed E-state index contributed by atoms with van der Waals surface area (Å²) in [5, 5.41) is 0. The van der Waals surface area contributed by atoms with Crippen molar-refractivity contribution in [3.63, 3.8) is 0 Å². The minimum absolute atomic E-state index is 0.0579. The maximum Gasteiger partial charge on any atom is 0.386 e. The van der Waals surface area contributed by atoms with Crippen molar-refractivity contribution >= 4 is 28.0 Å². The molecule has 0 aliphatic rings. The Labute approximate surface area is 65.0 Å². The Kier molecular flexibility index (Phi) is 5.39. The highest BCUT2D eigenvalue weighted by Crippen LogP contribution is 2.04. The number of hydrogen-bond donors (Lipinski definition) is 1. The van der Waals surface area contributed by atoms with E-state index in [-0.39, 0.29) is 15.3 Å². The van der Waals surface area contributed by atoms with Crippen LogP contribution in [0.5, 0.6) is 0 Å². The molecule has 54 valence electrons. The van der Waals surface area contributed by atoms with E-state index in [9.17, 15) is 4.79 Å². The molecular weight excluding hydrogens is 152 g/mol. The van der Waals surface area contributed by atoms with Gasteiger partial charge in [-0.3, -0.25) is 0 Å². The quantitative estimate of drug-likeness (QED) is 0.500. The van der Waals surface area contributed by atoms with Gasteiger partial charge in [0.25, 0.3) is 0 Å². The minimum Gasteiger partial charge on any atom is -0.225 e. The summed E-state index contributed by atoms with van der Waals surface area (Å²) in [6.07, 6.45) is 1.09. The maximum absolute atomic E-state index is 10.6. The molecule has 0 aromatic heterocycles. The fraction of sp³-hybridized carbons (Fsp3) is 0.833. The zero-order chi connectivity index (χ0) is 7.28. The molecule has 0 aliphatic carbocycles. The van der Waals surface area contributed by atoms with E-state index in [1.807, 2.05) is 6.92 Å². The van der Waals surface area contributed by atoms with Crippen LogP contribution in [0.4, 0.5) is 4.79 Å². The number of thiol groups is 1. The maximum atomic E-state index is 10.6. The highest BCUT2D eigenvalue weighted by atomic mass is 32.2. The van der Waals surface area contributed by atoms with Crippen LogP contribution in [0.1, 0.15) is 20.3 Å². The van der Waals surface area contributed by atoms with Crippen LogP contribution in [-0.4, -0.2) is 16.0 Å². The van der Waals surface area contributed by atoms with Crippen LogP contribution in [0.3, 0.4) is 0 Å². The predicted octanol–water partition coefficient (Wildman–Crippen LogP) is 2.08. The summed E-state index contributed by atoms with van der Waals surface area (Å²) in [5.41, 5.74) is 0. The largest absolute Gasteiger partial charge is 0.386 e. The van der Waals surface area contributed by atoms with E-state index in [0.29, 0.717) is 0 Å². The Hall–Kier alpha value is 0.370. The summed E-state index contributed by atoms with van der Waals surface area (Å²) in [4.78, 5) is 10.6. The van der Waals surface area contributed by atoms with Crippen molar-refractivity contribution in [1.82, 2.24) is 0 Å². The van der Waals surface area contributed by atoms with E-state index < -0.39 is 0 Å². The van der Waals surface area contributed by atoms with Gasteiger partial charge in [0.2, 0.25) is 0 Å². The second kappa shape index (κ2) is 5.18. The van der Waals surface area contributed by atoms with Crippen molar-refractivity contribution in [1.29, 1.82) is 0 Å². The fourth-order valence-corrected chi connectivity index (χ4v) is 2.47. The first-order valence-electron chi connectivity index (χ1n) is 3.12. The first-order valence-corrected chi connectivity index (χ1v) is 5.13. The van der Waals surface area contributed by atoms with Crippen molar-refractivity contribution in [2.24, 2.45) is 0 Å². The van der Waals surface area contributed by atoms with Crippen LogP contribution >= 0.6 is 12.6 Å². The molecule has 9 heavy (non-hydrogen) atoms.